The molecule has 1 fully saturated rings. The van der Waals surface area contributed by atoms with E-state index in [-0.39, 0.29) is 5.69 Å². The Balaban J connectivity index is 1.54. The van der Waals surface area contributed by atoms with Crippen molar-refractivity contribution in [1.82, 2.24) is 24.0 Å². The predicted octanol–water partition coefficient (Wildman–Crippen LogP) is 2.11. The van der Waals surface area contributed by atoms with Gasteiger partial charge < -0.3 is 9.47 Å². The zero-order valence-corrected chi connectivity index (χ0v) is 19.3. The molecule has 0 bridgehead atoms. The van der Waals surface area contributed by atoms with Gasteiger partial charge in [0.25, 0.3) is 11.2 Å². The number of nitro groups is 1. The fraction of sp³-hybridized carbons (Fsp3) is 0.476. The topological polar surface area (TPSA) is 122 Å². The van der Waals surface area contributed by atoms with Crippen LogP contribution in [0, 0.1) is 10.1 Å². The van der Waals surface area contributed by atoms with E-state index in [1.807, 2.05) is 11.8 Å². The average Bonchev–Trinajstić information content (AvgIpc) is 3.10. The van der Waals surface area contributed by atoms with Gasteiger partial charge in [0.05, 0.1) is 11.5 Å². The molecule has 0 atom stereocenters. The number of imidazole rings is 1. The molecule has 0 spiro atoms. The SMILES string of the molecule is CCCCn1c(=O)[nH]c(=O)c2c1nc(CN1CCN(c3ccc(Cl)cc3[N+](=O)[O-])CC1)n2C. The van der Waals surface area contributed by atoms with Crippen LogP contribution >= 0.6 is 11.6 Å². The molecule has 4 rings (SSSR count). The van der Waals surface area contributed by atoms with Crippen molar-refractivity contribution in [3.63, 3.8) is 0 Å². The highest BCUT2D eigenvalue weighted by atomic mass is 35.5. The number of rotatable bonds is 7. The Hall–Kier alpha value is -3.18. The van der Waals surface area contributed by atoms with E-state index in [1.54, 1.807) is 23.7 Å². The van der Waals surface area contributed by atoms with Gasteiger partial charge in [-0.3, -0.25) is 29.4 Å². The Morgan fingerprint density at radius 3 is 2.61 bits per heavy atom. The van der Waals surface area contributed by atoms with Crippen molar-refractivity contribution in [1.29, 1.82) is 0 Å². The van der Waals surface area contributed by atoms with Crippen molar-refractivity contribution in [3.8, 4) is 0 Å². The Bertz CT molecular complexity index is 1300. The number of benzene rings is 1. The third-order valence-corrected chi connectivity index (χ3v) is 6.29. The third-order valence-electron chi connectivity index (χ3n) is 6.05. The molecule has 176 valence electrons. The van der Waals surface area contributed by atoms with E-state index in [1.165, 1.54) is 10.6 Å². The number of aromatic amines is 1. The van der Waals surface area contributed by atoms with E-state index in [9.17, 15) is 19.7 Å². The van der Waals surface area contributed by atoms with Gasteiger partial charge in [0.2, 0.25) is 0 Å². The van der Waals surface area contributed by atoms with Crippen molar-refractivity contribution in [2.24, 2.45) is 7.05 Å². The van der Waals surface area contributed by atoms with Gasteiger partial charge in [-0.2, -0.15) is 0 Å². The molecule has 1 N–H and O–H groups in total. The fourth-order valence-electron chi connectivity index (χ4n) is 4.21. The van der Waals surface area contributed by atoms with Crippen molar-refractivity contribution < 1.29 is 4.92 Å². The quantitative estimate of drug-likeness (QED) is 0.410. The van der Waals surface area contributed by atoms with Gasteiger partial charge in [0.1, 0.15) is 11.5 Å². The number of nitro benzene ring substituents is 1. The molecule has 1 aliphatic heterocycles. The molecule has 2 aromatic heterocycles. The van der Waals surface area contributed by atoms with Crippen molar-refractivity contribution in [2.75, 3.05) is 31.1 Å². The first-order valence-corrected chi connectivity index (χ1v) is 11.3. The minimum atomic E-state index is -0.441. The number of hydrogen-bond donors (Lipinski definition) is 1. The number of halogens is 1. The van der Waals surface area contributed by atoms with Crippen LogP contribution in [0.25, 0.3) is 11.2 Å². The second kappa shape index (κ2) is 9.36. The largest absolute Gasteiger partial charge is 0.363 e. The van der Waals surface area contributed by atoms with Gasteiger partial charge in [-0.25, -0.2) is 9.78 Å². The standard InChI is InChI=1S/C21H26ClN7O4/c1-3-4-7-28-19-18(20(30)24-21(28)31)25(2)17(23-19)13-26-8-10-27(11-9-26)15-6-5-14(22)12-16(15)29(32)33/h5-6,12H,3-4,7-11,13H2,1-2H3,(H,24,30,31). The number of aryl methyl sites for hydroxylation is 2. The summed E-state index contributed by atoms with van der Waals surface area (Å²) in [5.74, 6) is 0.692. The number of hydrogen-bond acceptors (Lipinski definition) is 7. The molecule has 0 unspecified atom stereocenters. The summed E-state index contributed by atoms with van der Waals surface area (Å²) in [4.78, 5) is 47.0. The molecule has 0 saturated carbocycles. The molecule has 0 amide bonds. The highest BCUT2D eigenvalue weighted by molar-refractivity contribution is 6.30. The van der Waals surface area contributed by atoms with E-state index in [0.717, 1.165) is 12.8 Å². The summed E-state index contributed by atoms with van der Waals surface area (Å²) in [6.45, 7) is 5.59. The van der Waals surface area contributed by atoms with Gasteiger partial charge in [0, 0.05) is 50.9 Å². The summed E-state index contributed by atoms with van der Waals surface area (Å²) >= 11 is 5.94. The maximum Gasteiger partial charge on any atom is 0.330 e. The molecule has 3 aromatic rings. The van der Waals surface area contributed by atoms with Gasteiger partial charge >= 0.3 is 5.69 Å². The molecule has 33 heavy (non-hydrogen) atoms. The second-order valence-electron chi connectivity index (χ2n) is 8.18. The number of nitrogens with zero attached hydrogens (tertiary/aromatic N) is 6. The third kappa shape index (κ3) is 4.51. The number of nitrogens with one attached hydrogen (secondary N) is 1. The Kier molecular flexibility index (Phi) is 6.52. The van der Waals surface area contributed by atoms with Gasteiger partial charge in [0.15, 0.2) is 11.2 Å². The molecular weight excluding hydrogens is 450 g/mol. The van der Waals surface area contributed by atoms with E-state index < -0.39 is 16.2 Å². The summed E-state index contributed by atoms with van der Waals surface area (Å²) in [5.41, 5.74) is 0.461. The number of piperazine rings is 1. The van der Waals surface area contributed by atoms with Crippen LogP contribution in [-0.4, -0.2) is 55.1 Å². The number of anilines is 1. The predicted molar refractivity (Wildman–Crippen MR) is 126 cm³/mol. The lowest BCUT2D eigenvalue weighted by Gasteiger charge is -2.35. The lowest BCUT2D eigenvalue weighted by molar-refractivity contribution is -0.384. The Labute approximate surface area is 194 Å². The number of H-pyrrole nitrogens is 1. The van der Waals surface area contributed by atoms with Gasteiger partial charge in [-0.15, -0.1) is 0 Å². The van der Waals surface area contributed by atoms with E-state index >= 15 is 0 Å². The average molecular weight is 476 g/mol. The summed E-state index contributed by atoms with van der Waals surface area (Å²) in [7, 11) is 1.78. The molecule has 12 heteroatoms. The van der Waals surface area contributed by atoms with E-state index in [0.29, 0.717) is 67.0 Å². The molecule has 0 radical (unpaired) electrons. The molecule has 1 aromatic carbocycles. The maximum atomic E-state index is 12.4. The number of aromatic nitrogens is 4. The first-order chi connectivity index (χ1) is 15.8. The molecule has 3 heterocycles. The first-order valence-electron chi connectivity index (χ1n) is 10.9. The van der Waals surface area contributed by atoms with Crippen molar-refractivity contribution in [2.45, 2.75) is 32.9 Å². The van der Waals surface area contributed by atoms with E-state index in [2.05, 4.69) is 14.9 Å². The van der Waals surface area contributed by atoms with Crippen LogP contribution in [0.4, 0.5) is 11.4 Å². The van der Waals surface area contributed by atoms with Crippen LogP contribution in [0.3, 0.4) is 0 Å². The Morgan fingerprint density at radius 2 is 1.94 bits per heavy atom. The second-order valence-corrected chi connectivity index (χ2v) is 8.61. The molecule has 1 aliphatic rings. The number of unbranched alkanes of at least 4 members (excludes halogenated alkanes) is 1. The fourth-order valence-corrected chi connectivity index (χ4v) is 4.38. The summed E-state index contributed by atoms with van der Waals surface area (Å²) in [6, 6.07) is 4.72. The van der Waals surface area contributed by atoms with Crippen molar-refractivity contribution in [3.05, 3.63) is 60.0 Å². The number of fused-ring (bicyclic) bond motifs is 1. The highest BCUT2D eigenvalue weighted by Crippen LogP contribution is 2.31. The van der Waals surface area contributed by atoms with Crippen LogP contribution < -0.4 is 16.1 Å². The van der Waals surface area contributed by atoms with Gasteiger partial charge in [-0.05, 0) is 18.6 Å². The molecule has 0 aliphatic carbocycles. The highest BCUT2D eigenvalue weighted by Gasteiger charge is 2.25. The summed E-state index contributed by atoms with van der Waals surface area (Å²) in [5, 5.41) is 11.8. The van der Waals surface area contributed by atoms with Crippen LogP contribution in [-0.2, 0) is 20.1 Å². The van der Waals surface area contributed by atoms with Crippen molar-refractivity contribution >= 4 is 34.1 Å². The first kappa shape index (κ1) is 23.0. The lowest BCUT2D eigenvalue weighted by atomic mass is 10.2. The zero-order chi connectivity index (χ0) is 23.7. The molecule has 11 nitrogen and oxygen atoms in total. The van der Waals surface area contributed by atoms with Crippen LogP contribution in [0.1, 0.15) is 25.6 Å². The van der Waals surface area contributed by atoms with Gasteiger partial charge in [-0.1, -0.05) is 24.9 Å². The maximum absolute atomic E-state index is 12.4. The summed E-state index contributed by atoms with van der Waals surface area (Å²) in [6.07, 6.45) is 1.73. The minimum Gasteiger partial charge on any atom is -0.363 e. The molecular formula is C21H26ClN7O4. The lowest BCUT2D eigenvalue weighted by Crippen LogP contribution is -2.46. The monoisotopic (exact) mass is 475 g/mol. The summed E-state index contributed by atoms with van der Waals surface area (Å²) < 4.78 is 3.27. The van der Waals surface area contributed by atoms with E-state index in [4.69, 9.17) is 11.6 Å². The minimum absolute atomic E-state index is 0.00410. The zero-order valence-electron chi connectivity index (χ0n) is 18.6. The van der Waals surface area contributed by atoms with Crippen LogP contribution in [0.15, 0.2) is 27.8 Å². The smallest absolute Gasteiger partial charge is 0.330 e. The van der Waals surface area contributed by atoms with Crippen LogP contribution in [0.2, 0.25) is 5.02 Å². The Morgan fingerprint density at radius 1 is 1.21 bits per heavy atom. The molecule has 1 saturated heterocycles. The van der Waals surface area contributed by atoms with Crippen LogP contribution in [0.5, 0.6) is 0 Å². The normalized spacial score (nSPS) is 14.8.